The molecule has 1 aliphatic rings. The Bertz CT molecular complexity index is 191. The molecule has 2 unspecified atom stereocenters. The quantitative estimate of drug-likeness (QED) is 0.739. The first kappa shape index (κ1) is 14.9. The maximum Gasteiger partial charge on any atom is 0.0499 e. The molecule has 0 aromatic rings. The molecular weight excluding hydrogens is 212 g/mol. The van der Waals surface area contributed by atoms with Crippen LogP contribution in [0.3, 0.4) is 0 Å². The van der Waals surface area contributed by atoms with E-state index in [1.165, 1.54) is 32.5 Å². The Hall–Kier alpha value is -0.120. The Labute approximate surface area is 107 Å². The van der Waals surface area contributed by atoms with Crippen molar-refractivity contribution in [2.45, 2.75) is 39.7 Å². The molecule has 0 aromatic heterocycles. The summed E-state index contributed by atoms with van der Waals surface area (Å²) in [5.41, 5.74) is 0. The fourth-order valence-corrected chi connectivity index (χ4v) is 2.67. The minimum atomic E-state index is 0.609. The van der Waals surface area contributed by atoms with Crippen LogP contribution in [0.25, 0.3) is 0 Å². The van der Waals surface area contributed by atoms with E-state index in [0.29, 0.717) is 12.0 Å². The van der Waals surface area contributed by atoms with E-state index in [4.69, 9.17) is 4.74 Å². The van der Waals surface area contributed by atoms with Gasteiger partial charge in [0.1, 0.15) is 0 Å². The van der Waals surface area contributed by atoms with E-state index in [0.717, 1.165) is 19.1 Å². The second kappa shape index (κ2) is 8.06. The first-order valence-electron chi connectivity index (χ1n) is 7.12. The van der Waals surface area contributed by atoms with Gasteiger partial charge in [0.2, 0.25) is 0 Å². The van der Waals surface area contributed by atoms with Crippen molar-refractivity contribution in [3.8, 4) is 0 Å². The van der Waals surface area contributed by atoms with Crippen LogP contribution in [0.4, 0.5) is 0 Å². The van der Waals surface area contributed by atoms with Gasteiger partial charge in [0.25, 0.3) is 0 Å². The van der Waals surface area contributed by atoms with Gasteiger partial charge in [-0.25, -0.2) is 0 Å². The summed E-state index contributed by atoms with van der Waals surface area (Å²) < 4.78 is 5.16. The van der Waals surface area contributed by atoms with E-state index < -0.39 is 0 Å². The van der Waals surface area contributed by atoms with Gasteiger partial charge in [0.05, 0.1) is 0 Å². The summed E-state index contributed by atoms with van der Waals surface area (Å²) in [6.07, 6.45) is 2.70. The molecule has 1 N–H and O–H groups in total. The number of hydrogen-bond donors (Lipinski definition) is 1. The summed E-state index contributed by atoms with van der Waals surface area (Å²) in [5, 5.41) is 3.67. The van der Waals surface area contributed by atoms with Crippen molar-refractivity contribution in [1.82, 2.24) is 10.2 Å². The van der Waals surface area contributed by atoms with Gasteiger partial charge < -0.3 is 15.0 Å². The molecule has 0 amide bonds. The molecule has 1 heterocycles. The fourth-order valence-electron chi connectivity index (χ4n) is 2.67. The maximum atomic E-state index is 5.16. The molecule has 0 spiro atoms. The lowest BCUT2D eigenvalue weighted by Gasteiger charge is -2.35. The minimum absolute atomic E-state index is 0.609. The maximum absolute atomic E-state index is 5.16. The highest BCUT2D eigenvalue weighted by Gasteiger charge is 2.22. The Kier molecular flexibility index (Phi) is 7.09. The van der Waals surface area contributed by atoms with Crippen molar-refractivity contribution >= 4 is 0 Å². The SMILES string of the molecule is CCN1CCC(C(C)NCC(C)COC)CC1. The zero-order chi connectivity index (χ0) is 12.7. The lowest BCUT2D eigenvalue weighted by atomic mass is 9.90. The first-order valence-corrected chi connectivity index (χ1v) is 7.12. The minimum Gasteiger partial charge on any atom is -0.384 e. The number of hydrogen-bond acceptors (Lipinski definition) is 3. The Balaban J connectivity index is 2.17. The van der Waals surface area contributed by atoms with Gasteiger partial charge >= 0.3 is 0 Å². The van der Waals surface area contributed by atoms with E-state index in [-0.39, 0.29) is 0 Å². The average molecular weight is 242 g/mol. The van der Waals surface area contributed by atoms with Gasteiger partial charge in [-0.05, 0) is 51.2 Å². The van der Waals surface area contributed by atoms with Gasteiger partial charge in [-0.1, -0.05) is 13.8 Å². The van der Waals surface area contributed by atoms with Crippen LogP contribution in [0.1, 0.15) is 33.6 Å². The predicted octanol–water partition coefficient (Wildman–Crippen LogP) is 1.98. The van der Waals surface area contributed by atoms with E-state index in [2.05, 4.69) is 31.0 Å². The normalized spacial score (nSPS) is 22.6. The smallest absolute Gasteiger partial charge is 0.0499 e. The number of ether oxygens (including phenoxy) is 1. The molecule has 0 bridgehead atoms. The topological polar surface area (TPSA) is 24.5 Å². The lowest BCUT2D eigenvalue weighted by Crippen LogP contribution is -2.43. The second-order valence-electron chi connectivity index (χ2n) is 5.53. The average Bonchev–Trinajstić information content (AvgIpc) is 2.36. The summed E-state index contributed by atoms with van der Waals surface area (Å²) >= 11 is 0. The van der Waals surface area contributed by atoms with Crippen molar-refractivity contribution in [3.63, 3.8) is 0 Å². The summed E-state index contributed by atoms with van der Waals surface area (Å²) in [4.78, 5) is 2.55. The molecule has 0 aliphatic carbocycles. The van der Waals surface area contributed by atoms with E-state index in [9.17, 15) is 0 Å². The largest absolute Gasteiger partial charge is 0.384 e. The molecule has 3 nitrogen and oxygen atoms in total. The zero-order valence-corrected chi connectivity index (χ0v) is 12.0. The van der Waals surface area contributed by atoms with Crippen molar-refractivity contribution in [3.05, 3.63) is 0 Å². The molecule has 1 rings (SSSR count). The fraction of sp³-hybridized carbons (Fsp3) is 1.00. The van der Waals surface area contributed by atoms with Gasteiger partial charge in [-0.2, -0.15) is 0 Å². The van der Waals surface area contributed by atoms with Crippen molar-refractivity contribution in [1.29, 1.82) is 0 Å². The zero-order valence-electron chi connectivity index (χ0n) is 12.0. The van der Waals surface area contributed by atoms with Crippen molar-refractivity contribution in [2.24, 2.45) is 11.8 Å². The highest BCUT2D eigenvalue weighted by atomic mass is 16.5. The third-order valence-electron chi connectivity index (χ3n) is 4.03. The first-order chi connectivity index (χ1) is 8.17. The standard InChI is InChI=1S/C14H30N2O/c1-5-16-8-6-14(7-9-16)13(3)15-10-12(2)11-17-4/h12-15H,5-11H2,1-4H3. The molecule has 1 saturated heterocycles. The number of piperidine rings is 1. The Morgan fingerprint density at radius 1 is 1.29 bits per heavy atom. The van der Waals surface area contributed by atoms with Crippen molar-refractivity contribution in [2.75, 3.05) is 39.9 Å². The van der Waals surface area contributed by atoms with Crippen molar-refractivity contribution < 1.29 is 4.74 Å². The van der Waals surface area contributed by atoms with Crippen LogP contribution < -0.4 is 5.32 Å². The van der Waals surface area contributed by atoms with E-state index in [1.54, 1.807) is 7.11 Å². The molecule has 17 heavy (non-hydrogen) atoms. The van der Waals surface area contributed by atoms with Crippen LogP contribution in [0.2, 0.25) is 0 Å². The molecule has 0 radical (unpaired) electrons. The summed E-state index contributed by atoms with van der Waals surface area (Å²) in [7, 11) is 1.78. The molecule has 2 atom stereocenters. The van der Waals surface area contributed by atoms with Gasteiger partial charge in [-0.15, -0.1) is 0 Å². The van der Waals surface area contributed by atoms with E-state index in [1.807, 2.05) is 0 Å². The molecule has 1 fully saturated rings. The van der Waals surface area contributed by atoms with Crippen LogP contribution in [0.5, 0.6) is 0 Å². The Morgan fingerprint density at radius 2 is 1.94 bits per heavy atom. The summed E-state index contributed by atoms with van der Waals surface area (Å²) in [6, 6.07) is 0.647. The van der Waals surface area contributed by atoms with Crippen LogP contribution in [0, 0.1) is 11.8 Å². The van der Waals surface area contributed by atoms with Crippen LogP contribution in [-0.4, -0.2) is 50.8 Å². The molecule has 0 saturated carbocycles. The van der Waals surface area contributed by atoms with Gasteiger partial charge in [0.15, 0.2) is 0 Å². The number of nitrogens with zero attached hydrogens (tertiary/aromatic N) is 1. The predicted molar refractivity (Wildman–Crippen MR) is 73.3 cm³/mol. The van der Waals surface area contributed by atoms with Crippen LogP contribution in [-0.2, 0) is 4.74 Å². The monoisotopic (exact) mass is 242 g/mol. The number of methoxy groups -OCH3 is 1. The van der Waals surface area contributed by atoms with Gasteiger partial charge in [0, 0.05) is 26.3 Å². The molecular formula is C14H30N2O. The van der Waals surface area contributed by atoms with E-state index >= 15 is 0 Å². The highest BCUT2D eigenvalue weighted by molar-refractivity contribution is 4.79. The third-order valence-corrected chi connectivity index (χ3v) is 4.03. The second-order valence-corrected chi connectivity index (χ2v) is 5.53. The van der Waals surface area contributed by atoms with Gasteiger partial charge in [-0.3, -0.25) is 0 Å². The summed E-state index contributed by atoms with van der Waals surface area (Å²) in [5.74, 6) is 1.46. The summed E-state index contributed by atoms with van der Waals surface area (Å²) in [6.45, 7) is 12.5. The lowest BCUT2D eigenvalue weighted by molar-refractivity contribution is 0.145. The number of nitrogens with one attached hydrogen (secondary N) is 1. The third kappa shape index (κ3) is 5.36. The number of likely N-dealkylation sites (tertiary alicyclic amines) is 1. The molecule has 0 aromatic carbocycles. The Morgan fingerprint density at radius 3 is 2.47 bits per heavy atom. The molecule has 1 aliphatic heterocycles. The van der Waals surface area contributed by atoms with Crippen LogP contribution >= 0.6 is 0 Å². The molecule has 102 valence electrons. The highest BCUT2D eigenvalue weighted by Crippen LogP contribution is 2.20. The molecule has 3 heteroatoms. The number of rotatable bonds is 7. The van der Waals surface area contributed by atoms with Crippen LogP contribution in [0.15, 0.2) is 0 Å².